The fraction of sp³-hybridized carbons (Fsp3) is 0.300. The van der Waals surface area contributed by atoms with Crippen molar-refractivity contribution in [1.82, 2.24) is 10.2 Å². The smallest absolute Gasteiger partial charge is 0.416 e. The lowest BCUT2D eigenvalue weighted by molar-refractivity contribution is -0.147. The van der Waals surface area contributed by atoms with Crippen LogP contribution < -0.4 is 20.5 Å². The number of nitrogens with two attached hydrogens (primary N) is 1. The summed E-state index contributed by atoms with van der Waals surface area (Å²) in [5.41, 5.74) is 3.66. The molecule has 0 aromatic heterocycles. The molecule has 160 valence electrons. The number of alkyl halides is 3. The highest BCUT2D eigenvalue weighted by Gasteiger charge is 2.49. The molecule has 1 atom stereocenters. The predicted molar refractivity (Wildman–Crippen MR) is 101 cm³/mol. The highest BCUT2D eigenvalue weighted by Crippen LogP contribution is 2.39. The third-order valence-corrected chi connectivity index (χ3v) is 5.05. The maximum Gasteiger partial charge on any atom is 0.416 e. The number of rotatable bonds is 5. The van der Waals surface area contributed by atoms with Gasteiger partial charge in [-0.15, -0.1) is 0 Å². The Morgan fingerprint density at radius 2 is 1.80 bits per heavy atom. The number of primary amides is 1. The lowest BCUT2D eigenvalue weighted by atomic mass is 9.84. The van der Waals surface area contributed by atoms with Crippen LogP contribution in [0.3, 0.4) is 0 Å². The van der Waals surface area contributed by atoms with E-state index in [1.54, 1.807) is 0 Å². The number of hydrogen-bond acceptors (Lipinski definition) is 5. The van der Waals surface area contributed by atoms with Crippen LogP contribution in [0.25, 0.3) is 0 Å². The number of carbonyl (C=O) groups excluding carboxylic acids is 2. The van der Waals surface area contributed by atoms with Crippen molar-refractivity contribution in [2.24, 2.45) is 5.73 Å². The number of benzene rings is 2. The number of hydrogen-bond donors (Lipinski definition) is 2. The SMILES string of the molecule is COc1ccc(Oc2ccc(C(F)(F)F)cc2)cc1C1(C(N)=O)CNCC(=O)N1C. The van der Waals surface area contributed by atoms with E-state index < -0.39 is 23.2 Å². The van der Waals surface area contributed by atoms with Crippen molar-refractivity contribution in [1.29, 1.82) is 0 Å². The second-order valence-corrected chi connectivity index (χ2v) is 6.77. The average molecular weight is 423 g/mol. The number of piperazine rings is 1. The van der Waals surface area contributed by atoms with Gasteiger partial charge >= 0.3 is 6.18 Å². The van der Waals surface area contributed by atoms with Crippen molar-refractivity contribution < 1.29 is 32.2 Å². The quantitative estimate of drug-likeness (QED) is 0.770. The molecule has 0 bridgehead atoms. The van der Waals surface area contributed by atoms with Crippen LogP contribution in [0.1, 0.15) is 11.1 Å². The summed E-state index contributed by atoms with van der Waals surface area (Å²) in [7, 11) is 2.87. The van der Waals surface area contributed by atoms with Crippen molar-refractivity contribution in [2.45, 2.75) is 11.7 Å². The molecule has 1 aliphatic rings. The number of methoxy groups -OCH3 is 1. The van der Waals surface area contributed by atoms with E-state index in [0.29, 0.717) is 11.3 Å². The van der Waals surface area contributed by atoms with Gasteiger partial charge in [-0.3, -0.25) is 9.59 Å². The minimum Gasteiger partial charge on any atom is -0.496 e. The van der Waals surface area contributed by atoms with Crippen molar-refractivity contribution >= 4 is 11.8 Å². The van der Waals surface area contributed by atoms with Gasteiger partial charge in [0.2, 0.25) is 11.8 Å². The van der Waals surface area contributed by atoms with Crippen molar-refractivity contribution in [3.8, 4) is 17.2 Å². The van der Waals surface area contributed by atoms with E-state index in [0.717, 1.165) is 12.1 Å². The van der Waals surface area contributed by atoms with E-state index >= 15 is 0 Å². The molecule has 0 aliphatic carbocycles. The first kappa shape index (κ1) is 21.4. The molecule has 1 aliphatic heterocycles. The molecule has 10 heteroatoms. The van der Waals surface area contributed by atoms with E-state index in [1.807, 2.05) is 0 Å². The zero-order chi connectivity index (χ0) is 22.1. The molecule has 7 nitrogen and oxygen atoms in total. The van der Waals surface area contributed by atoms with Crippen LogP contribution in [-0.2, 0) is 21.3 Å². The van der Waals surface area contributed by atoms with Crippen LogP contribution in [0.15, 0.2) is 42.5 Å². The summed E-state index contributed by atoms with van der Waals surface area (Å²) < 4.78 is 49.2. The summed E-state index contributed by atoms with van der Waals surface area (Å²) in [6, 6.07) is 8.74. The van der Waals surface area contributed by atoms with E-state index in [-0.39, 0.29) is 30.5 Å². The molecule has 30 heavy (non-hydrogen) atoms. The lowest BCUT2D eigenvalue weighted by Crippen LogP contribution is -2.65. The zero-order valence-corrected chi connectivity index (χ0v) is 16.2. The molecular formula is C20H20F3N3O4. The Morgan fingerprint density at radius 1 is 1.17 bits per heavy atom. The molecule has 2 amide bonds. The first-order chi connectivity index (χ1) is 14.1. The van der Waals surface area contributed by atoms with Gasteiger partial charge in [-0.2, -0.15) is 13.2 Å². The van der Waals surface area contributed by atoms with Gasteiger partial charge in [0.1, 0.15) is 17.2 Å². The Kier molecular flexibility index (Phi) is 5.62. The van der Waals surface area contributed by atoms with E-state index in [2.05, 4.69) is 5.32 Å². The summed E-state index contributed by atoms with van der Waals surface area (Å²) in [6.45, 7) is 0.111. The summed E-state index contributed by atoms with van der Waals surface area (Å²) >= 11 is 0. The standard InChI is InChI=1S/C20H20F3N3O4/c1-26-17(27)10-25-11-19(26,18(24)28)15-9-14(7-8-16(15)29-2)30-13-5-3-12(4-6-13)20(21,22)23/h3-9,25H,10-11H2,1-2H3,(H2,24,28). The van der Waals surface area contributed by atoms with Gasteiger partial charge in [-0.05, 0) is 42.5 Å². The summed E-state index contributed by atoms with van der Waals surface area (Å²) in [6.07, 6.45) is -4.45. The first-order valence-electron chi connectivity index (χ1n) is 8.90. The molecule has 0 spiro atoms. The van der Waals surface area contributed by atoms with Crippen LogP contribution in [-0.4, -0.2) is 44.0 Å². The second kappa shape index (κ2) is 7.86. The van der Waals surface area contributed by atoms with Gasteiger partial charge < -0.3 is 25.4 Å². The summed E-state index contributed by atoms with van der Waals surface area (Å²) in [4.78, 5) is 26.0. The van der Waals surface area contributed by atoms with Crippen LogP contribution in [0.4, 0.5) is 13.2 Å². The zero-order valence-electron chi connectivity index (χ0n) is 16.2. The van der Waals surface area contributed by atoms with Crippen LogP contribution >= 0.6 is 0 Å². The molecule has 3 rings (SSSR count). The minimum absolute atomic E-state index is 0.0512. The number of amides is 2. The Bertz CT molecular complexity index is 963. The van der Waals surface area contributed by atoms with Crippen molar-refractivity contribution in [2.75, 3.05) is 27.2 Å². The molecule has 3 N–H and O–H groups in total. The number of likely N-dealkylation sites (N-methyl/N-ethyl adjacent to an activating group) is 1. The number of nitrogens with one attached hydrogen (secondary N) is 1. The minimum atomic E-state index is -4.45. The van der Waals surface area contributed by atoms with Gasteiger partial charge in [0.05, 0.1) is 19.2 Å². The molecule has 2 aromatic rings. The summed E-state index contributed by atoms with van der Waals surface area (Å²) in [5, 5.41) is 2.88. The van der Waals surface area contributed by atoms with Crippen molar-refractivity contribution in [3.05, 3.63) is 53.6 Å². The molecule has 2 aromatic carbocycles. The summed E-state index contributed by atoms with van der Waals surface area (Å²) in [5.74, 6) is -0.403. The number of halogens is 3. The molecule has 1 heterocycles. The highest BCUT2D eigenvalue weighted by atomic mass is 19.4. The van der Waals surface area contributed by atoms with Gasteiger partial charge in [-0.1, -0.05) is 0 Å². The first-order valence-corrected chi connectivity index (χ1v) is 8.90. The Morgan fingerprint density at radius 3 is 2.37 bits per heavy atom. The third kappa shape index (κ3) is 3.78. The Labute approximate surface area is 170 Å². The van der Waals surface area contributed by atoms with Gasteiger partial charge in [0.25, 0.3) is 0 Å². The maximum atomic E-state index is 12.7. The van der Waals surface area contributed by atoms with E-state index in [4.69, 9.17) is 15.2 Å². The average Bonchev–Trinajstić information content (AvgIpc) is 2.69. The lowest BCUT2D eigenvalue weighted by Gasteiger charge is -2.43. The predicted octanol–water partition coefficient (Wildman–Crippen LogP) is 2.25. The maximum absolute atomic E-state index is 12.7. The second-order valence-electron chi connectivity index (χ2n) is 6.77. The fourth-order valence-corrected chi connectivity index (χ4v) is 3.38. The van der Waals surface area contributed by atoms with E-state index in [1.165, 1.54) is 49.4 Å². The number of ether oxygens (including phenoxy) is 2. The Balaban J connectivity index is 2.01. The van der Waals surface area contributed by atoms with Crippen LogP contribution in [0.5, 0.6) is 17.2 Å². The largest absolute Gasteiger partial charge is 0.496 e. The number of nitrogens with zero attached hydrogens (tertiary/aromatic N) is 1. The molecule has 0 saturated carbocycles. The normalized spacial score (nSPS) is 19.5. The van der Waals surface area contributed by atoms with Gasteiger partial charge in [-0.25, -0.2) is 0 Å². The molecular weight excluding hydrogens is 403 g/mol. The van der Waals surface area contributed by atoms with Crippen LogP contribution in [0, 0.1) is 0 Å². The van der Waals surface area contributed by atoms with Gasteiger partial charge in [0, 0.05) is 19.2 Å². The number of carbonyl (C=O) groups is 2. The van der Waals surface area contributed by atoms with E-state index in [9.17, 15) is 22.8 Å². The highest BCUT2D eigenvalue weighted by molar-refractivity contribution is 5.94. The molecule has 1 saturated heterocycles. The molecule has 0 radical (unpaired) electrons. The van der Waals surface area contributed by atoms with Crippen molar-refractivity contribution in [3.63, 3.8) is 0 Å². The fourth-order valence-electron chi connectivity index (χ4n) is 3.38. The Hall–Kier alpha value is -3.27. The third-order valence-electron chi connectivity index (χ3n) is 5.05. The topological polar surface area (TPSA) is 93.9 Å². The van der Waals surface area contributed by atoms with Crippen LogP contribution in [0.2, 0.25) is 0 Å². The monoisotopic (exact) mass is 423 g/mol. The molecule has 1 unspecified atom stereocenters. The van der Waals surface area contributed by atoms with Gasteiger partial charge in [0.15, 0.2) is 5.54 Å². The molecule has 1 fully saturated rings.